The second-order valence-corrected chi connectivity index (χ2v) is 5.17. The number of carbonyl (C=O) groups is 1. The summed E-state index contributed by atoms with van der Waals surface area (Å²) in [6.07, 6.45) is 0.883. The molecule has 0 aliphatic carbocycles. The van der Waals surface area contributed by atoms with Crippen molar-refractivity contribution in [1.29, 1.82) is 0 Å². The molecule has 0 aromatic heterocycles. The van der Waals surface area contributed by atoms with Gasteiger partial charge in [0.2, 0.25) is 0 Å². The number of rotatable bonds is 5. The lowest BCUT2D eigenvalue weighted by atomic mass is 10.1. The van der Waals surface area contributed by atoms with Crippen molar-refractivity contribution < 1.29 is 9.53 Å². The monoisotopic (exact) mass is 283 g/mol. The first-order valence-corrected chi connectivity index (χ1v) is 7.17. The molecule has 3 heteroatoms. The normalized spacial score (nSPS) is 10.2. The van der Waals surface area contributed by atoms with Crippen LogP contribution in [-0.4, -0.2) is 12.5 Å². The maximum Gasteiger partial charge on any atom is 0.262 e. The summed E-state index contributed by atoms with van der Waals surface area (Å²) in [5, 5.41) is 2.90. The number of benzene rings is 2. The first-order valence-electron chi connectivity index (χ1n) is 7.17. The fourth-order valence-corrected chi connectivity index (χ4v) is 2.30. The standard InChI is InChI=1S/C18H21NO2/c1-4-15-7-5-6-8-17(15)19-18(20)12-21-16-10-13(2)9-14(3)11-16/h5-11H,4,12H2,1-3H3,(H,19,20). The SMILES string of the molecule is CCc1ccccc1NC(=O)COc1cc(C)cc(C)c1. The van der Waals surface area contributed by atoms with Gasteiger partial charge in [-0.1, -0.05) is 31.2 Å². The molecule has 21 heavy (non-hydrogen) atoms. The molecule has 2 aromatic carbocycles. The number of anilines is 1. The second kappa shape index (κ2) is 6.93. The minimum Gasteiger partial charge on any atom is -0.484 e. The lowest BCUT2D eigenvalue weighted by Gasteiger charge is -2.11. The van der Waals surface area contributed by atoms with E-state index in [1.807, 2.05) is 50.2 Å². The van der Waals surface area contributed by atoms with Gasteiger partial charge < -0.3 is 10.1 Å². The second-order valence-electron chi connectivity index (χ2n) is 5.17. The van der Waals surface area contributed by atoms with Gasteiger partial charge in [0.25, 0.3) is 5.91 Å². The molecule has 0 bridgehead atoms. The van der Waals surface area contributed by atoms with Crippen LogP contribution >= 0.6 is 0 Å². The maximum absolute atomic E-state index is 12.0. The van der Waals surface area contributed by atoms with Gasteiger partial charge in [0.15, 0.2) is 6.61 Å². The minimum atomic E-state index is -0.143. The highest BCUT2D eigenvalue weighted by Gasteiger charge is 2.07. The molecule has 0 aliphatic rings. The van der Waals surface area contributed by atoms with E-state index in [0.717, 1.165) is 34.5 Å². The molecule has 110 valence electrons. The minimum absolute atomic E-state index is 0.0148. The molecule has 2 aromatic rings. The van der Waals surface area contributed by atoms with Gasteiger partial charge >= 0.3 is 0 Å². The Hall–Kier alpha value is -2.29. The molecule has 0 unspecified atom stereocenters. The molecule has 0 radical (unpaired) electrons. The van der Waals surface area contributed by atoms with E-state index in [0.29, 0.717) is 0 Å². The fourth-order valence-electron chi connectivity index (χ4n) is 2.30. The largest absolute Gasteiger partial charge is 0.484 e. The summed E-state index contributed by atoms with van der Waals surface area (Å²) < 4.78 is 5.56. The summed E-state index contributed by atoms with van der Waals surface area (Å²) in [5.74, 6) is 0.585. The lowest BCUT2D eigenvalue weighted by molar-refractivity contribution is -0.118. The van der Waals surface area contributed by atoms with Crippen molar-refractivity contribution in [3.63, 3.8) is 0 Å². The van der Waals surface area contributed by atoms with E-state index in [-0.39, 0.29) is 12.5 Å². The number of hydrogen-bond donors (Lipinski definition) is 1. The fraction of sp³-hybridized carbons (Fsp3) is 0.278. The van der Waals surface area contributed by atoms with E-state index in [1.165, 1.54) is 0 Å². The van der Waals surface area contributed by atoms with Crippen molar-refractivity contribution in [2.24, 2.45) is 0 Å². The molecule has 3 nitrogen and oxygen atoms in total. The van der Waals surface area contributed by atoms with E-state index in [9.17, 15) is 4.79 Å². The average Bonchev–Trinajstić information content (AvgIpc) is 2.45. The van der Waals surface area contributed by atoms with Crippen LogP contribution in [0.15, 0.2) is 42.5 Å². The third-order valence-electron chi connectivity index (χ3n) is 3.24. The predicted octanol–water partition coefficient (Wildman–Crippen LogP) is 3.88. The molecule has 0 fully saturated rings. The van der Waals surface area contributed by atoms with Crippen molar-refractivity contribution in [2.45, 2.75) is 27.2 Å². The van der Waals surface area contributed by atoms with Crippen LogP contribution < -0.4 is 10.1 Å². The Balaban J connectivity index is 1.96. The molecule has 1 amide bonds. The Labute approximate surface area is 126 Å². The summed E-state index contributed by atoms with van der Waals surface area (Å²) in [4.78, 5) is 12.0. The van der Waals surface area contributed by atoms with Crippen LogP contribution in [0.5, 0.6) is 5.75 Å². The van der Waals surface area contributed by atoms with Crippen molar-refractivity contribution in [2.75, 3.05) is 11.9 Å². The van der Waals surface area contributed by atoms with Crippen LogP contribution in [0.3, 0.4) is 0 Å². The third-order valence-corrected chi connectivity index (χ3v) is 3.24. The third kappa shape index (κ3) is 4.35. The molecule has 0 atom stereocenters. The van der Waals surface area contributed by atoms with Crippen molar-refractivity contribution in [3.05, 3.63) is 59.2 Å². The molecular formula is C18H21NO2. The Kier molecular flexibility index (Phi) is 4.99. The number of nitrogens with one attached hydrogen (secondary N) is 1. The Morgan fingerprint density at radius 2 is 1.76 bits per heavy atom. The van der Waals surface area contributed by atoms with Crippen LogP contribution in [0, 0.1) is 13.8 Å². The van der Waals surface area contributed by atoms with Gasteiger partial charge in [0, 0.05) is 5.69 Å². The van der Waals surface area contributed by atoms with Gasteiger partial charge in [-0.05, 0) is 55.2 Å². The molecule has 2 rings (SSSR count). The van der Waals surface area contributed by atoms with Gasteiger partial charge in [-0.15, -0.1) is 0 Å². The zero-order valence-corrected chi connectivity index (χ0v) is 12.8. The van der Waals surface area contributed by atoms with Crippen LogP contribution in [0.2, 0.25) is 0 Å². The van der Waals surface area contributed by atoms with E-state index >= 15 is 0 Å². The predicted molar refractivity (Wildman–Crippen MR) is 85.9 cm³/mol. The van der Waals surface area contributed by atoms with E-state index in [4.69, 9.17) is 4.74 Å². The highest BCUT2D eigenvalue weighted by molar-refractivity contribution is 5.92. The smallest absolute Gasteiger partial charge is 0.262 e. The summed E-state index contributed by atoms with van der Waals surface area (Å²) in [5.41, 5.74) is 4.23. The van der Waals surface area contributed by atoms with Gasteiger partial charge in [0.05, 0.1) is 0 Å². The van der Waals surface area contributed by atoms with Crippen molar-refractivity contribution in [3.8, 4) is 5.75 Å². The molecule has 0 saturated carbocycles. The van der Waals surface area contributed by atoms with Gasteiger partial charge in [-0.3, -0.25) is 4.79 Å². The van der Waals surface area contributed by atoms with Crippen molar-refractivity contribution in [1.82, 2.24) is 0 Å². The number of para-hydroxylation sites is 1. The lowest BCUT2D eigenvalue weighted by Crippen LogP contribution is -2.20. The number of aryl methyl sites for hydroxylation is 3. The van der Waals surface area contributed by atoms with Crippen LogP contribution in [0.4, 0.5) is 5.69 Å². The van der Waals surface area contributed by atoms with E-state index in [2.05, 4.69) is 18.3 Å². The Morgan fingerprint density at radius 3 is 2.43 bits per heavy atom. The molecule has 0 saturated heterocycles. The van der Waals surface area contributed by atoms with Gasteiger partial charge in [-0.2, -0.15) is 0 Å². The molecule has 1 N–H and O–H groups in total. The molecule has 0 spiro atoms. The Morgan fingerprint density at radius 1 is 1.10 bits per heavy atom. The Bertz CT molecular complexity index is 615. The van der Waals surface area contributed by atoms with Crippen LogP contribution in [-0.2, 0) is 11.2 Å². The van der Waals surface area contributed by atoms with Gasteiger partial charge in [-0.25, -0.2) is 0 Å². The first-order chi connectivity index (χ1) is 10.1. The highest BCUT2D eigenvalue weighted by Crippen LogP contribution is 2.17. The average molecular weight is 283 g/mol. The highest BCUT2D eigenvalue weighted by atomic mass is 16.5. The summed E-state index contributed by atoms with van der Waals surface area (Å²) >= 11 is 0. The van der Waals surface area contributed by atoms with Crippen LogP contribution in [0.25, 0.3) is 0 Å². The summed E-state index contributed by atoms with van der Waals surface area (Å²) in [6, 6.07) is 13.7. The van der Waals surface area contributed by atoms with E-state index < -0.39 is 0 Å². The molecule has 0 heterocycles. The zero-order valence-electron chi connectivity index (χ0n) is 12.8. The number of amides is 1. The quantitative estimate of drug-likeness (QED) is 0.904. The van der Waals surface area contributed by atoms with Gasteiger partial charge in [0.1, 0.15) is 5.75 Å². The molecule has 0 aliphatic heterocycles. The number of ether oxygens (including phenoxy) is 1. The van der Waals surface area contributed by atoms with Crippen LogP contribution in [0.1, 0.15) is 23.6 Å². The summed E-state index contributed by atoms with van der Waals surface area (Å²) in [7, 11) is 0. The zero-order chi connectivity index (χ0) is 15.2. The maximum atomic E-state index is 12.0. The molecular weight excluding hydrogens is 262 g/mol. The van der Waals surface area contributed by atoms with Crippen molar-refractivity contribution >= 4 is 11.6 Å². The summed E-state index contributed by atoms with van der Waals surface area (Å²) in [6.45, 7) is 6.10. The topological polar surface area (TPSA) is 38.3 Å². The van der Waals surface area contributed by atoms with E-state index in [1.54, 1.807) is 0 Å². The first kappa shape index (κ1) is 15.1. The number of hydrogen-bond acceptors (Lipinski definition) is 2. The number of carbonyl (C=O) groups excluding carboxylic acids is 1.